The Hall–Kier alpha value is -1.78. The van der Waals surface area contributed by atoms with E-state index in [1.807, 2.05) is 11.8 Å². The van der Waals surface area contributed by atoms with Gasteiger partial charge in [0.2, 0.25) is 0 Å². The Morgan fingerprint density at radius 3 is 2.60 bits per heavy atom. The Morgan fingerprint density at radius 1 is 1.40 bits per heavy atom. The molecule has 1 aromatic carbocycles. The van der Waals surface area contributed by atoms with Crippen molar-refractivity contribution in [2.24, 2.45) is 0 Å². The molecule has 0 aromatic heterocycles. The predicted molar refractivity (Wildman–Crippen MR) is 77.7 cm³/mol. The summed E-state index contributed by atoms with van der Waals surface area (Å²) in [6, 6.07) is 2.77. The third-order valence-corrected chi connectivity index (χ3v) is 4.01. The van der Waals surface area contributed by atoms with Gasteiger partial charge in [0, 0.05) is 18.3 Å². The quantitative estimate of drug-likeness (QED) is 0.831. The Kier molecular flexibility index (Phi) is 4.47. The van der Waals surface area contributed by atoms with Gasteiger partial charge in [-0.3, -0.25) is 0 Å². The van der Waals surface area contributed by atoms with Crippen molar-refractivity contribution in [1.82, 2.24) is 0 Å². The van der Waals surface area contributed by atoms with Crippen molar-refractivity contribution < 1.29 is 14.3 Å². The monoisotopic (exact) mass is 280 g/mol. The van der Waals surface area contributed by atoms with E-state index < -0.39 is 11.8 Å². The van der Waals surface area contributed by atoms with Crippen LogP contribution in [0.3, 0.4) is 0 Å². The highest BCUT2D eigenvalue weighted by Crippen LogP contribution is 2.31. The molecule has 3 N–H and O–H groups in total. The maximum absolute atomic E-state index is 14.2. The lowest BCUT2D eigenvalue weighted by molar-refractivity contribution is 0.0698. The number of carboxylic acid groups (broad SMARTS) is 1. The molecule has 0 spiro atoms. The van der Waals surface area contributed by atoms with Crippen LogP contribution in [0.1, 0.15) is 49.4 Å². The fraction of sp³-hybridized carbons (Fsp3) is 0.533. The SMILES string of the molecule is CCN(c1cc(C(=O)O)c(N)cc1F)C1CCCCC1. The van der Waals surface area contributed by atoms with Gasteiger partial charge in [-0.05, 0) is 31.9 Å². The molecule has 0 atom stereocenters. The van der Waals surface area contributed by atoms with Gasteiger partial charge in [-0.1, -0.05) is 19.3 Å². The molecule has 1 fully saturated rings. The predicted octanol–water partition coefficient (Wildman–Crippen LogP) is 3.27. The molecule has 5 heteroatoms. The summed E-state index contributed by atoms with van der Waals surface area (Å²) in [7, 11) is 0. The van der Waals surface area contributed by atoms with Crippen molar-refractivity contribution in [3.63, 3.8) is 0 Å². The van der Waals surface area contributed by atoms with Crippen LogP contribution < -0.4 is 10.6 Å². The second kappa shape index (κ2) is 6.11. The van der Waals surface area contributed by atoms with Gasteiger partial charge in [-0.2, -0.15) is 0 Å². The lowest BCUT2D eigenvalue weighted by atomic mass is 9.93. The number of hydrogen-bond donors (Lipinski definition) is 2. The van der Waals surface area contributed by atoms with Crippen LogP contribution in [0.4, 0.5) is 15.8 Å². The van der Waals surface area contributed by atoms with Gasteiger partial charge in [-0.15, -0.1) is 0 Å². The zero-order valence-corrected chi connectivity index (χ0v) is 11.7. The van der Waals surface area contributed by atoms with E-state index in [9.17, 15) is 9.18 Å². The van der Waals surface area contributed by atoms with Crippen LogP contribution in [0.2, 0.25) is 0 Å². The molecular weight excluding hydrogens is 259 g/mol. The van der Waals surface area contributed by atoms with Crippen molar-refractivity contribution in [1.29, 1.82) is 0 Å². The number of carbonyl (C=O) groups is 1. The number of carboxylic acids is 1. The summed E-state index contributed by atoms with van der Waals surface area (Å²) in [6.07, 6.45) is 5.56. The van der Waals surface area contributed by atoms with Crippen LogP contribution in [0.25, 0.3) is 0 Å². The van der Waals surface area contributed by atoms with E-state index >= 15 is 0 Å². The molecular formula is C15H21FN2O2. The largest absolute Gasteiger partial charge is 0.478 e. The van der Waals surface area contributed by atoms with E-state index in [1.165, 1.54) is 12.5 Å². The lowest BCUT2D eigenvalue weighted by Gasteiger charge is -2.35. The first-order valence-corrected chi connectivity index (χ1v) is 7.13. The minimum Gasteiger partial charge on any atom is -0.478 e. The third kappa shape index (κ3) is 2.86. The summed E-state index contributed by atoms with van der Waals surface area (Å²) in [4.78, 5) is 13.1. The molecule has 0 bridgehead atoms. The summed E-state index contributed by atoms with van der Waals surface area (Å²) in [5.74, 6) is -1.57. The average molecular weight is 280 g/mol. The molecule has 0 aliphatic heterocycles. The lowest BCUT2D eigenvalue weighted by Crippen LogP contribution is -2.37. The molecule has 110 valence electrons. The summed E-state index contributed by atoms with van der Waals surface area (Å²) >= 11 is 0. The minimum absolute atomic E-state index is 0.0292. The van der Waals surface area contributed by atoms with E-state index in [-0.39, 0.29) is 17.3 Å². The summed E-state index contributed by atoms with van der Waals surface area (Å²) in [5.41, 5.74) is 5.86. The number of rotatable bonds is 4. The highest BCUT2D eigenvalue weighted by atomic mass is 19.1. The first-order valence-electron chi connectivity index (χ1n) is 7.13. The molecule has 1 aromatic rings. The normalized spacial score (nSPS) is 16.1. The Labute approximate surface area is 118 Å². The molecule has 2 rings (SSSR count). The number of halogens is 1. The first kappa shape index (κ1) is 14.6. The smallest absolute Gasteiger partial charge is 0.337 e. The number of nitrogen functional groups attached to an aromatic ring is 1. The second-order valence-corrected chi connectivity index (χ2v) is 5.27. The van der Waals surface area contributed by atoms with E-state index in [0.717, 1.165) is 31.7 Å². The van der Waals surface area contributed by atoms with Gasteiger partial charge >= 0.3 is 5.97 Å². The fourth-order valence-electron chi connectivity index (χ4n) is 3.00. The van der Waals surface area contributed by atoms with Gasteiger partial charge in [0.1, 0.15) is 5.82 Å². The Bertz CT molecular complexity index is 499. The molecule has 1 saturated carbocycles. The summed E-state index contributed by atoms with van der Waals surface area (Å²) in [6.45, 7) is 2.62. The van der Waals surface area contributed by atoms with Gasteiger partial charge in [0.05, 0.1) is 11.3 Å². The zero-order chi connectivity index (χ0) is 14.7. The number of benzene rings is 1. The first-order chi connectivity index (χ1) is 9.54. The third-order valence-electron chi connectivity index (χ3n) is 4.01. The van der Waals surface area contributed by atoms with Crippen LogP contribution in [0.5, 0.6) is 0 Å². The van der Waals surface area contributed by atoms with Crippen LogP contribution in [0.15, 0.2) is 12.1 Å². The van der Waals surface area contributed by atoms with Crippen LogP contribution in [-0.4, -0.2) is 23.7 Å². The van der Waals surface area contributed by atoms with E-state index in [0.29, 0.717) is 12.2 Å². The average Bonchev–Trinajstić information content (AvgIpc) is 2.42. The molecule has 1 aliphatic rings. The van der Waals surface area contributed by atoms with E-state index in [1.54, 1.807) is 0 Å². The summed E-state index contributed by atoms with van der Waals surface area (Å²) in [5, 5.41) is 9.12. The molecule has 4 nitrogen and oxygen atoms in total. The maximum atomic E-state index is 14.2. The maximum Gasteiger partial charge on any atom is 0.337 e. The number of nitrogens with zero attached hydrogens (tertiary/aromatic N) is 1. The highest BCUT2D eigenvalue weighted by Gasteiger charge is 2.24. The van der Waals surface area contributed by atoms with Crippen LogP contribution in [0, 0.1) is 5.82 Å². The molecule has 20 heavy (non-hydrogen) atoms. The van der Waals surface area contributed by atoms with E-state index in [4.69, 9.17) is 10.8 Å². The van der Waals surface area contributed by atoms with Crippen molar-refractivity contribution >= 4 is 17.3 Å². The zero-order valence-electron chi connectivity index (χ0n) is 11.7. The summed E-state index contributed by atoms with van der Waals surface area (Å²) < 4.78 is 14.2. The van der Waals surface area contributed by atoms with Crippen molar-refractivity contribution in [2.75, 3.05) is 17.2 Å². The molecule has 0 radical (unpaired) electrons. The van der Waals surface area contributed by atoms with Gasteiger partial charge < -0.3 is 15.7 Å². The number of aromatic carboxylic acids is 1. The molecule has 0 amide bonds. The molecule has 0 saturated heterocycles. The second-order valence-electron chi connectivity index (χ2n) is 5.27. The van der Waals surface area contributed by atoms with Crippen molar-refractivity contribution in [3.05, 3.63) is 23.5 Å². The van der Waals surface area contributed by atoms with Gasteiger partial charge in [-0.25, -0.2) is 9.18 Å². The van der Waals surface area contributed by atoms with Gasteiger partial charge in [0.15, 0.2) is 0 Å². The number of nitrogens with two attached hydrogens (primary N) is 1. The number of hydrogen-bond acceptors (Lipinski definition) is 3. The van der Waals surface area contributed by atoms with Gasteiger partial charge in [0.25, 0.3) is 0 Å². The Balaban J connectivity index is 2.37. The molecule has 0 heterocycles. The van der Waals surface area contributed by atoms with Crippen molar-refractivity contribution in [3.8, 4) is 0 Å². The van der Waals surface area contributed by atoms with Crippen molar-refractivity contribution in [2.45, 2.75) is 45.1 Å². The fourth-order valence-corrected chi connectivity index (χ4v) is 3.00. The van der Waals surface area contributed by atoms with Crippen LogP contribution in [-0.2, 0) is 0 Å². The minimum atomic E-state index is -1.12. The van der Waals surface area contributed by atoms with E-state index in [2.05, 4.69) is 0 Å². The molecule has 0 unspecified atom stereocenters. The molecule has 1 aliphatic carbocycles. The Morgan fingerprint density at radius 2 is 2.05 bits per heavy atom. The highest BCUT2D eigenvalue weighted by molar-refractivity contribution is 5.95. The number of anilines is 2. The van der Waals surface area contributed by atoms with Crippen LogP contribution >= 0.6 is 0 Å². The standard InChI is InChI=1S/C15H21FN2O2/c1-2-18(10-6-4-3-5-7-10)14-8-11(15(19)20)13(17)9-12(14)16/h8-10H,2-7,17H2,1H3,(H,19,20). The topological polar surface area (TPSA) is 66.6 Å².